The summed E-state index contributed by atoms with van der Waals surface area (Å²) in [4.78, 5) is 22.1. The lowest BCUT2D eigenvalue weighted by Gasteiger charge is -2.29. The molecule has 1 heterocycles. The van der Waals surface area contributed by atoms with Gasteiger partial charge in [0.05, 0.1) is 25.3 Å². The Morgan fingerprint density at radius 2 is 1.43 bits per heavy atom. The van der Waals surface area contributed by atoms with Gasteiger partial charge in [-0.3, -0.25) is 4.79 Å². The Hall–Kier alpha value is -4.38. The molecule has 0 saturated carbocycles. The third-order valence-electron chi connectivity index (χ3n) is 6.62. The molecule has 4 aromatic carbocycles. The zero-order valence-electron chi connectivity index (χ0n) is 20.9. The lowest BCUT2D eigenvalue weighted by atomic mass is 9.89. The maximum absolute atomic E-state index is 14.3. The lowest BCUT2D eigenvalue weighted by molar-refractivity contribution is -0.134. The van der Waals surface area contributed by atoms with E-state index < -0.39 is 5.92 Å². The van der Waals surface area contributed by atoms with Crippen LogP contribution in [0.4, 0.5) is 0 Å². The third-order valence-corrected chi connectivity index (χ3v) is 6.62. The van der Waals surface area contributed by atoms with Gasteiger partial charge in [-0.1, -0.05) is 108 Å². The van der Waals surface area contributed by atoms with Crippen molar-refractivity contribution in [2.24, 2.45) is 5.16 Å². The Balaban J connectivity index is 1.42. The predicted molar refractivity (Wildman–Crippen MR) is 146 cm³/mol. The van der Waals surface area contributed by atoms with Crippen LogP contribution in [-0.2, 0) is 16.2 Å². The molecule has 0 radical (unpaired) electrons. The predicted octanol–water partition coefficient (Wildman–Crippen LogP) is 6.05. The second kappa shape index (κ2) is 11.6. The molecule has 1 unspecified atom stereocenters. The van der Waals surface area contributed by atoms with Gasteiger partial charge in [0, 0.05) is 18.5 Å². The standard InChI is InChI=1S/C32H30N2O3/c1-36-30-20-12-11-19-28(30)29-21-27(37-33-29)23-34(22-24-13-5-2-6-14-24)32(35)31(25-15-7-3-8-16-25)26-17-9-4-10-18-26/h2-20,27,31H,21-23H2,1H3. The quantitative estimate of drug-likeness (QED) is 0.287. The fraction of sp³-hybridized carbons (Fsp3) is 0.188. The fourth-order valence-corrected chi connectivity index (χ4v) is 4.80. The number of benzene rings is 4. The Morgan fingerprint density at radius 3 is 2.05 bits per heavy atom. The highest BCUT2D eigenvalue weighted by atomic mass is 16.6. The molecular weight excluding hydrogens is 460 g/mol. The minimum Gasteiger partial charge on any atom is -0.496 e. The normalized spacial score (nSPS) is 14.6. The third kappa shape index (κ3) is 5.72. The Kier molecular flexibility index (Phi) is 7.60. The number of carbonyl (C=O) groups excluding carboxylic acids is 1. The first kappa shape index (κ1) is 24.3. The summed E-state index contributed by atoms with van der Waals surface area (Å²) in [6.45, 7) is 0.908. The molecule has 1 atom stereocenters. The second-order valence-electron chi connectivity index (χ2n) is 9.13. The number of hydrogen-bond donors (Lipinski definition) is 0. The van der Waals surface area contributed by atoms with Crippen molar-refractivity contribution in [3.63, 3.8) is 0 Å². The minimum absolute atomic E-state index is 0.0376. The van der Waals surface area contributed by atoms with E-state index in [4.69, 9.17) is 9.57 Å². The van der Waals surface area contributed by atoms with Gasteiger partial charge in [-0.2, -0.15) is 0 Å². The summed E-state index contributed by atoms with van der Waals surface area (Å²) in [5.74, 6) is 0.383. The summed E-state index contributed by atoms with van der Waals surface area (Å²) in [6, 6.07) is 37.8. The zero-order chi connectivity index (χ0) is 25.5. The summed E-state index contributed by atoms with van der Waals surface area (Å²) in [7, 11) is 1.65. The van der Waals surface area contributed by atoms with Crippen molar-refractivity contribution in [3.05, 3.63) is 138 Å². The largest absolute Gasteiger partial charge is 0.496 e. The first-order valence-corrected chi connectivity index (χ1v) is 12.5. The van der Waals surface area contributed by atoms with Gasteiger partial charge in [0.25, 0.3) is 0 Å². The molecule has 0 bridgehead atoms. The number of para-hydroxylation sites is 1. The summed E-state index contributed by atoms with van der Waals surface area (Å²) in [6.07, 6.45) is 0.347. The first-order valence-electron chi connectivity index (χ1n) is 12.5. The van der Waals surface area contributed by atoms with E-state index in [1.807, 2.05) is 120 Å². The topological polar surface area (TPSA) is 51.1 Å². The number of carbonyl (C=O) groups is 1. The van der Waals surface area contributed by atoms with E-state index in [0.717, 1.165) is 33.7 Å². The molecule has 0 aliphatic carbocycles. The zero-order valence-corrected chi connectivity index (χ0v) is 20.9. The van der Waals surface area contributed by atoms with Crippen molar-refractivity contribution in [1.29, 1.82) is 0 Å². The van der Waals surface area contributed by atoms with Crippen LogP contribution in [0.5, 0.6) is 5.75 Å². The minimum atomic E-state index is -0.415. The van der Waals surface area contributed by atoms with Gasteiger partial charge >= 0.3 is 0 Å². The van der Waals surface area contributed by atoms with Gasteiger partial charge in [0.15, 0.2) is 6.10 Å². The SMILES string of the molecule is COc1ccccc1C1=NOC(CN(Cc2ccccc2)C(=O)C(c2ccccc2)c2ccccc2)C1. The van der Waals surface area contributed by atoms with Crippen molar-refractivity contribution in [3.8, 4) is 5.75 Å². The molecule has 1 aliphatic heterocycles. The molecule has 4 aromatic rings. The lowest BCUT2D eigenvalue weighted by Crippen LogP contribution is -2.40. The smallest absolute Gasteiger partial charge is 0.235 e. The molecule has 5 nitrogen and oxygen atoms in total. The van der Waals surface area contributed by atoms with Gasteiger partial charge in [0.1, 0.15) is 5.75 Å². The first-order chi connectivity index (χ1) is 18.2. The molecule has 1 amide bonds. The molecule has 0 spiro atoms. The molecular formula is C32H30N2O3. The Bertz CT molecular complexity index is 1300. The highest BCUT2D eigenvalue weighted by molar-refractivity contribution is 6.03. The fourth-order valence-electron chi connectivity index (χ4n) is 4.80. The monoisotopic (exact) mass is 490 g/mol. The van der Waals surface area contributed by atoms with E-state index in [-0.39, 0.29) is 12.0 Å². The number of oxime groups is 1. The second-order valence-corrected chi connectivity index (χ2v) is 9.13. The number of amides is 1. The molecule has 0 aromatic heterocycles. The van der Waals surface area contributed by atoms with E-state index in [1.54, 1.807) is 7.11 Å². The van der Waals surface area contributed by atoms with Crippen LogP contribution in [0.3, 0.4) is 0 Å². The van der Waals surface area contributed by atoms with Gasteiger partial charge in [-0.25, -0.2) is 0 Å². The van der Waals surface area contributed by atoms with Crippen LogP contribution in [0.1, 0.15) is 34.6 Å². The summed E-state index contributed by atoms with van der Waals surface area (Å²) < 4.78 is 5.52. The summed E-state index contributed by atoms with van der Waals surface area (Å²) in [5.41, 5.74) is 4.75. The molecule has 37 heavy (non-hydrogen) atoms. The van der Waals surface area contributed by atoms with E-state index >= 15 is 0 Å². The van der Waals surface area contributed by atoms with Crippen molar-refractivity contribution >= 4 is 11.6 Å². The number of hydrogen-bond acceptors (Lipinski definition) is 4. The van der Waals surface area contributed by atoms with Crippen LogP contribution >= 0.6 is 0 Å². The van der Waals surface area contributed by atoms with Crippen LogP contribution in [-0.4, -0.2) is 36.3 Å². The van der Waals surface area contributed by atoms with E-state index in [2.05, 4.69) is 5.16 Å². The van der Waals surface area contributed by atoms with Crippen LogP contribution in [0.25, 0.3) is 0 Å². The number of ether oxygens (including phenoxy) is 1. The molecule has 0 N–H and O–H groups in total. The molecule has 186 valence electrons. The maximum atomic E-state index is 14.3. The Morgan fingerprint density at radius 1 is 0.865 bits per heavy atom. The summed E-state index contributed by atoms with van der Waals surface area (Å²) >= 11 is 0. The van der Waals surface area contributed by atoms with Crippen LogP contribution in [0.15, 0.2) is 120 Å². The van der Waals surface area contributed by atoms with Crippen molar-refractivity contribution in [2.75, 3.05) is 13.7 Å². The average molecular weight is 491 g/mol. The molecule has 0 fully saturated rings. The van der Waals surface area contributed by atoms with E-state index in [0.29, 0.717) is 19.5 Å². The highest BCUT2D eigenvalue weighted by Gasteiger charge is 2.32. The van der Waals surface area contributed by atoms with Gasteiger partial charge < -0.3 is 14.5 Å². The van der Waals surface area contributed by atoms with Gasteiger partial charge in [0.2, 0.25) is 5.91 Å². The molecule has 0 saturated heterocycles. The maximum Gasteiger partial charge on any atom is 0.235 e. The van der Waals surface area contributed by atoms with Gasteiger partial charge in [-0.05, 0) is 28.8 Å². The highest BCUT2D eigenvalue weighted by Crippen LogP contribution is 2.30. The van der Waals surface area contributed by atoms with Gasteiger partial charge in [-0.15, -0.1) is 0 Å². The van der Waals surface area contributed by atoms with Crippen molar-refractivity contribution in [2.45, 2.75) is 25.0 Å². The van der Waals surface area contributed by atoms with Crippen LogP contribution < -0.4 is 4.74 Å². The summed E-state index contributed by atoms with van der Waals surface area (Å²) in [5, 5.41) is 4.38. The molecule has 5 rings (SSSR count). The van der Waals surface area contributed by atoms with Crippen molar-refractivity contribution < 1.29 is 14.4 Å². The Labute approximate surface area is 218 Å². The van der Waals surface area contributed by atoms with Crippen LogP contribution in [0, 0.1) is 0 Å². The van der Waals surface area contributed by atoms with E-state index in [1.165, 1.54) is 0 Å². The molecule has 1 aliphatic rings. The number of methoxy groups -OCH3 is 1. The molecule has 5 heteroatoms. The average Bonchev–Trinajstić information content (AvgIpc) is 3.43. The van der Waals surface area contributed by atoms with Crippen molar-refractivity contribution in [1.82, 2.24) is 4.90 Å². The van der Waals surface area contributed by atoms with Crippen LogP contribution in [0.2, 0.25) is 0 Å². The number of rotatable bonds is 9. The number of nitrogens with zero attached hydrogens (tertiary/aromatic N) is 2. The van der Waals surface area contributed by atoms with E-state index in [9.17, 15) is 4.79 Å².